The van der Waals surface area contributed by atoms with Crippen LogP contribution in [0.2, 0.25) is 0 Å². The minimum Gasteiger partial charge on any atom is -0.399 e. The van der Waals surface area contributed by atoms with E-state index in [2.05, 4.69) is 44.9 Å². The first kappa shape index (κ1) is 15.0. The van der Waals surface area contributed by atoms with E-state index in [4.69, 9.17) is 5.73 Å². The third kappa shape index (κ3) is 4.62. The number of hydrogen-bond donors (Lipinski definition) is 1. The molecule has 3 nitrogen and oxygen atoms in total. The largest absolute Gasteiger partial charge is 0.399 e. The molecule has 0 spiro atoms. The molecule has 0 unspecified atom stereocenters. The molecule has 1 heterocycles. The Hall–Kier alpha value is -1.39. The fourth-order valence-electron chi connectivity index (χ4n) is 2.21. The summed E-state index contributed by atoms with van der Waals surface area (Å²) in [5.41, 5.74) is 9.00. The van der Waals surface area contributed by atoms with Crippen molar-refractivity contribution in [2.75, 3.05) is 12.3 Å². The maximum Gasteiger partial charge on any atom is 0.0544 e. The predicted octanol–water partition coefficient (Wildman–Crippen LogP) is 3.84. The molecule has 2 N–H and O–H groups in total. The normalized spacial score (nSPS) is 10.9. The highest BCUT2D eigenvalue weighted by atomic mass is 79.9. The lowest BCUT2D eigenvalue weighted by Gasteiger charge is -2.21. The molecule has 1 aromatic carbocycles. The molecule has 1 aromatic heterocycles. The molecular formula is C16H20BrN3. The first-order chi connectivity index (χ1) is 9.67. The Morgan fingerprint density at radius 2 is 2.05 bits per heavy atom. The van der Waals surface area contributed by atoms with Crippen molar-refractivity contribution in [2.24, 2.45) is 0 Å². The van der Waals surface area contributed by atoms with E-state index in [-0.39, 0.29) is 0 Å². The number of halogens is 1. The first-order valence-corrected chi connectivity index (χ1v) is 7.64. The van der Waals surface area contributed by atoms with Crippen LogP contribution >= 0.6 is 15.9 Å². The second-order valence-electron chi connectivity index (χ2n) is 4.92. The molecule has 2 aromatic rings. The summed E-state index contributed by atoms with van der Waals surface area (Å²) in [7, 11) is 0. The minimum absolute atomic E-state index is 0.820. The van der Waals surface area contributed by atoms with Gasteiger partial charge < -0.3 is 5.73 Å². The molecule has 0 amide bonds. The molecule has 4 heteroatoms. The van der Waals surface area contributed by atoms with Crippen LogP contribution < -0.4 is 5.73 Å². The molecule has 0 aliphatic heterocycles. The van der Waals surface area contributed by atoms with E-state index in [9.17, 15) is 0 Å². The lowest BCUT2D eigenvalue weighted by atomic mass is 10.2. The Morgan fingerprint density at radius 1 is 1.20 bits per heavy atom. The summed E-state index contributed by atoms with van der Waals surface area (Å²) >= 11 is 3.41. The van der Waals surface area contributed by atoms with Crippen molar-refractivity contribution in [3.05, 3.63) is 58.3 Å². The van der Waals surface area contributed by atoms with Crippen molar-refractivity contribution >= 4 is 21.6 Å². The molecule has 20 heavy (non-hydrogen) atoms. The van der Waals surface area contributed by atoms with E-state index in [1.807, 2.05) is 30.5 Å². The lowest BCUT2D eigenvalue weighted by molar-refractivity contribution is 0.254. The number of nitrogens with zero attached hydrogens (tertiary/aromatic N) is 2. The number of nitrogen functional groups attached to an aromatic ring is 1. The highest BCUT2D eigenvalue weighted by molar-refractivity contribution is 9.10. The fourth-order valence-corrected chi connectivity index (χ4v) is 2.44. The van der Waals surface area contributed by atoms with Crippen LogP contribution in [-0.2, 0) is 13.1 Å². The van der Waals surface area contributed by atoms with Crippen LogP contribution in [0.1, 0.15) is 24.6 Å². The van der Waals surface area contributed by atoms with E-state index in [1.165, 1.54) is 5.56 Å². The van der Waals surface area contributed by atoms with Crippen LogP contribution in [0.25, 0.3) is 0 Å². The second-order valence-corrected chi connectivity index (χ2v) is 5.84. The fraction of sp³-hybridized carbons (Fsp3) is 0.312. The van der Waals surface area contributed by atoms with Crippen molar-refractivity contribution in [1.82, 2.24) is 9.88 Å². The Morgan fingerprint density at radius 3 is 2.70 bits per heavy atom. The van der Waals surface area contributed by atoms with Crippen molar-refractivity contribution in [2.45, 2.75) is 26.4 Å². The van der Waals surface area contributed by atoms with Gasteiger partial charge in [-0.2, -0.15) is 0 Å². The van der Waals surface area contributed by atoms with Crippen LogP contribution in [0.5, 0.6) is 0 Å². The highest BCUT2D eigenvalue weighted by Gasteiger charge is 2.07. The van der Waals surface area contributed by atoms with Crippen LogP contribution in [0, 0.1) is 0 Å². The average molecular weight is 334 g/mol. The van der Waals surface area contributed by atoms with Gasteiger partial charge in [0.05, 0.1) is 5.69 Å². The molecule has 0 aliphatic carbocycles. The van der Waals surface area contributed by atoms with Crippen molar-refractivity contribution in [3.8, 4) is 0 Å². The smallest absolute Gasteiger partial charge is 0.0544 e. The van der Waals surface area contributed by atoms with Crippen LogP contribution in [0.15, 0.2) is 47.1 Å². The molecule has 0 saturated carbocycles. The summed E-state index contributed by atoms with van der Waals surface area (Å²) in [4.78, 5) is 6.84. The van der Waals surface area contributed by atoms with Crippen molar-refractivity contribution in [1.29, 1.82) is 0 Å². The minimum atomic E-state index is 0.820. The first-order valence-electron chi connectivity index (χ1n) is 6.84. The molecule has 0 fully saturated rings. The molecule has 0 bridgehead atoms. The van der Waals surface area contributed by atoms with E-state index >= 15 is 0 Å². The standard InChI is InChI=1S/C16H20BrN3/c1-2-8-20(11-13-4-3-5-15(18)9-13)12-16-7-6-14(17)10-19-16/h3-7,9-10H,2,8,11-12,18H2,1H3. The number of rotatable bonds is 6. The van der Waals surface area contributed by atoms with E-state index < -0.39 is 0 Å². The van der Waals surface area contributed by atoms with Gasteiger partial charge in [0.2, 0.25) is 0 Å². The Labute approximate surface area is 129 Å². The molecule has 2 rings (SSSR count). The number of hydrogen-bond acceptors (Lipinski definition) is 3. The monoisotopic (exact) mass is 333 g/mol. The Balaban J connectivity index is 2.05. The van der Waals surface area contributed by atoms with E-state index in [1.54, 1.807) is 0 Å². The molecular weight excluding hydrogens is 314 g/mol. The Kier molecular flexibility index (Phi) is 5.56. The topological polar surface area (TPSA) is 42.1 Å². The van der Waals surface area contributed by atoms with Crippen molar-refractivity contribution in [3.63, 3.8) is 0 Å². The number of aromatic nitrogens is 1. The summed E-state index contributed by atoms with van der Waals surface area (Å²) in [6.45, 7) is 5.00. The SMILES string of the molecule is CCCN(Cc1cccc(N)c1)Cc1ccc(Br)cn1. The van der Waals surface area contributed by atoms with Gasteiger partial charge in [0.25, 0.3) is 0 Å². The predicted molar refractivity (Wildman–Crippen MR) is 87.2 cm³/mol. The van der Waals surface area contributed by atoms with Gasteiger partial charge in [-0.3, -0.25) is 9.88 Å². The van der Waals surface area contributed by atoms with Gasteiger partial charge >= 0.3 is 0 Å². The molecule has 106 valence electrons. The lowest BCUT2D eigenvalue weighted by Crippen LogP contribution is -2.24. The highest BCUT2D eigenvalue weighted by Crippen LogP contribution is 2.13. The van der Waals surface area contributed by atoms with Gasteiger partial charge in [0.1, 0.15) is 0 Å². The van der Waals surface area contributed by atoms with Gasteiger partial charge in [-0.1, -0.05) is 19.1 Å². The van der Waals surface area contributed by atoms with Gasteiger partial charge in [-0.15, -0.1) is 0 Å². The number of nitrogens with two attached hydrogens (primary N) is 1. The molecule has 0 aliphatic rings. The zero-order chi connectivity index (χ0) is 14.4. The maximum atomic E-state index is 5.84. The van der Waals surface area contributed by atoms with Crippen LogP contribution in [0.4, 0.5) is 5.69 Å². The maximum absolute atomic E-state index is 5.84. The quantitative estimate of drug-likeness (QED) is 0.816. The summed E-state index contributed by atoms with van der Waals surface area (Å²) in [6, 6.07) is 12.2. The van der Waals surface area contributed by atoms with E-state index in [0.717, 1.165) is 41.9 Å². The van der Waals surface area contributed by atoms with Gasteiger partial charge in [-0.25, -0.2) is 0 Å². The van der Waals surface area contributed by atoms with Gasteiger partial charge in [0.15, 0.2) is 0 Å². The van der Waals surface area contributed by atoms with E-state index in [0.29, 0.717) is 0 Å². The van der Waals surface area contributed by atoms with Crippen molar-refractivity contribution < 1.29 is 0 Å². The summed E-state index contributed by atoms with van der Waals surface area (Å²) in [5.74, 6) is 0. The second kappa shape index (κ2) is 7.41. The van der Waals surface area contributed by atoms with Gasteiger partial charge in [-0.05, 0) is 58.7 Å². The summed E-state index contributed by atoms with van der Waals surface area (Å²) in [5, 5.41) is 0. The molecule has 0 radical (unpaired) electrons. The third-order valence-electron chi connectivity index (χ3n) is 3.07. The molecule has 0 atom stereocenters. The van der Waals surface area contributed by atoms with Gasteiger partial charge in [0, 0.05) is 29.4 Å². The zero-order valence-corrected chi connectivity index (χ0v) is 13.3. The average Bonchev–Trinajstić information content (AvgIpc) is 2.42. The zero-order valence-electron chi connectivity index (χ0n) is 11.7. The van der Waals surface area contributed by atoms with Crippen LogP contribution in [0.3, 0.4) is 0 Å². The summed E-state index contributed by atoms with van der Waals surface area (Å²) in [6.07, 6.45) is 2.97. The number of benzene rings is 1. The molecule has 0 saturated heterocycles. The third-order valence-corrected chi connectivity index (χ3v) is 3.54. The Bertz CT molecular complexity index is 540. The number of pyridine rings is 1. The number of anilines is 1. The summed E-state index contributed by atoms with van der Waals surface area (Å²) < 4.78 is 1.01. The van der Waals surface area contributed by atoms with Crippen LogP contribution in [-0.4, -0.2) is 16.4 Å².